The lowest BCUT2D eigenvalue weighted by Gasteiger charge is -2.04. The van der Waals surface area contributed by atoms with E-state index in [4.69, 9.17) is 23.2 Å². The molecule has 0 unspecified atom stereocenters. The maximum atomic E-state index is 5.84. The Morgan fingerprint density at radius 2 is 1.80 bits per heavy atom. The van der Waals surface area contributed by atoms with E-state index >= 15 is 0 Å². The minimum absolute atomic E-state index is 0.469. The molecule has 0 saturated heterocycles. The van der Waals surface area contributed by atoms with Crippen LogP contribution in [0.4, 0.5) is 0 Å². The maximum Gasteiger partial charge on any atom is 0.129 e. The van der Waals surface area contributed by atoms with Gasteiger partial charge in [-0.1, -0.05) is 23.2 Å². The van der Waals surface area contributed by atoms with Crippen molar-refractivity contribution in [3.63, 3.8) is 0 Å². The van der Waals surface area contributed by atoms with Crippen LogP contribution in [0.5, 0.6) is 0 Å². The number of hydrogen-bond donors (Lipinski definition) is 0. The summed E-state index contributed by atoms with van der Waals surface area (Å²) in [5, 5.41) is 0.939. The van der Waals surface area contributed by atoms with Gasteiger partial charge >= 0.3 is 0 Å². The van der Waals surface area contributed by atoms with Crippen molar-refractivity contribution in [3.05, 3.63) is 44.5 Å². The van der Waals surface area contributed by atoms with Crippen LogP contribution in [0, 0.1) is 3.57 Å². The lowest BCUT2D eigenvalue weighted by atomic mass is 10.1. The van der Waals surface area contributed by atoms with Crippen molar-refractivity contribution >= 4 is 45.8 Å². The van der Waals surface area contributed by atoms with Gasteiger partial charge in [-0.25, -0.2) is 9.97 Å². The van der Waals surface area contributed by atoms with Crippen LogP contribution in [0.1, 0.15) is 0 Å². The number of hydrogen-bond acceptors (Lipinski definition) is 2. The smallest absolute Gasteiger partial charge is 0.129 e. The van der Waals surface area contributed by atoms with E-state index < -0.39 is 0 Å². The fourth-order valence-corrected chi connectivity index (χ4v) is 2.14. The Balaban J connectivity index is 2.58. The summed E-state index contributed by atoms with van der Waals surface area (Å²) in [5.74, 6) is 0. The summed E-state index contributed by atoms with van der Waals surface area (Å²) in [6, 6.07) is 5.50. The molecule has 0 bridgehead atoms. The summed E-state index contributed by atoms with van der Waals surface area (Å²) in [7, 11) is 0. The highest BCUT2D eigenvalue weighted by Gasteiger charge is 2.05. The molecule has 0 saturated carbocycles. The number of rotatable bonds is 1. The molecular weight excluding hydrogens is 346 g/mol. The van der Waals surface area contributed by atoms with Gasteiger partial charge in [0.1, 0.15) is 10.3 Å². The molecule has 2 nitrogen and oxygen atoms in total. The van der Waals surface area contributed by atoms with E-state index in [1.54, 1.807) is 18.5 Å². The molecule has 0 fully saturated rings. The Kier molecular flexibility index (Phi) is 3.43. The predicted octanol–water partition coefficient (Wildman–Crippen LogP) is 4.06. The van der Waals surface area contributed by atoms with E-state index in [0.29, 0.717) is 10.3 Å². The van der Waals surface area contributed by atoms with E-state index in [0.717, 1.165) is 14.7 Å². The van der Waals surface area contributed by atoms with Crippen molar-refractivity contribution in [1.82, 2.24) is 9.97 Å². The first-order chi connectivity index (χ1) is 7.16. The number of aromatic nitrogens is 2. The quantitative estimate of drug-likeness (QED) is 0.572. The van der Waals surface area contributed by atoms with Crippen LogP contribution in [-0.2, 0) is 0 Å². The standard InChI is InChI=1S/C10H5Cl2IN2/c11-9-3-6(1-2-14-9)7-4-10(12)15-5-8(7)13/h1-5H. The topological polar surface area (TPSA) is 25.8 Å². The van der Waals surface area contributed by atoms with Gasteiger partial charge in [0.05, 0.1) is 0 Å². The van der Waals surface area contributed by atoms with Crippen LogP contribution in [0.3, 0.4) is 0 Å². The summed E-state index contributed by atoms with van der Waals surface area (Å²) in [5.41, 5.74) is 2.00. The lowest BCUT2D eigenvalue weighted by Crippen LogP contribution is -1.86. The summed E-state index contributed by atoms with van der Waals surface area (Å²) >= 11 is 13.9. The molecule has 0 aromatic carbocycles. The number of pyridine rings is 2. The Labute approximate surface area is 111 Å². The zero-order valence-corrected chi connectivity index (χ0v) is 11.1. The normalized spacial score (nSPS) is 10.3. The second-order valence-electron chi connectivity index (χ2n) is 2.85. The van der Waals surface area contributed by atoms with Gasteiger partial charge in [-0.15, -0.1) is 0 Å². The summed E-state index contributed by atoms with van der Waals surface area (Å²) in [6.07, 6.45) is 3.40. The minimum Gasteiger partial charge on any atom is -0.245 e. The predicted molar refractivity (Wildman–Crippen MR) is 70.2 cm³/mol. The SMILES string of the molecule is Clc1cc(-c2cc(Cl)ncc2I)ccn1. The summed E-state index contributed by atoms with van der Waals surface area (Å²) in [6.45, 7) is 0. The molecule has 0 spiro atoms. The second-order valence-corrected chi connectivity index (χ2v) is 4.79. The fraction of sp³-hybridized carbons (Fsp3) is 0. The lowest BCUT2D eigenvalue weighted by molar-refractivity contribution is 1.29. The molecule has 2 aromatic heterocycles. The van der Waals surface area contributed by atoms with Gasteiger partial charge in [-0.2, -0.15) is 0 Å². The molecule has 2 heterocycles. The molecule has 0 amide bonds. The Morgan fingerprint density at radius 3 is 2.53 bits per heavy atom. The van der Waals surface area contributed by atoms with E-state index in [1.165, 1.54) is 0 Å². The third kappa shape index (κ3) is 2.59. The van der Waals surface area contributed by atoms with Crippen LogP contribution in [0.15, 0.2) is 30.6 Å². The van der Waals surface area contributed by atoms with Crippen LogP contribution in [0.2, 0.25) is 10.3 Å². The van der Waals surface area contributed by atoms with Crippen molar-refractivity contribution in [2.75, 3.05) is 0 Å². The van der Waals surface area contributed by atoms with Crippen molar-refractivity contribution in [1.29, 1.82) is 0 Å². The van der Waals surface area contributed by atoms with Crippen LogP contribution >= 0.6 is 45.8 Å². The van der Waals surface area contributed by atoms with Crippen LogP contribution < -0.4 is 0 Å². The highest BCUT2D eigenvalue weighted by molar-refractivity contribution is 14.1. The van der Waals surface area contributed by atoms with E-state index in [1.807, 2.05) is 12.1 Å². The molecule has 0 radical (unpaired) electrons. The van der Waals surface area contributed by atoms with Gasteiger partial charge in [-0.3, -0.25) is 0 Å². The Morgan fingerprint density at radius 1 is 1.07 bits per heavy atom. The van der Waals surface area contributed by atoms with Gasteiger partial charge in [0.2, 0.25) is 0 Å². The van der Waals surface area contributed by atoms with Crippen LogP contribution in [0.25, 0.3) is 11.1 Å². The average molecular weight is 351 g/mol. The molecule has 2 rings (SSSR count). The van der Waals surface area contributed by atoms with Crippen molar-refractivity contribution in [2.45, 2.75) is 0 Å². The number of halogens is 3. The molecule has 15 heavy (non-hydrogen) atoms. The highest BCUT2D eigenvalue weighted by atomic mass is 127. The van der Waals surface area contributed by atoms with Crippen molar-refractivity contribution < 1.29 is 0 Å². The largest absolute Gasteiger partial charge is 0.245 e. The molecule has 76 valence electrons. The first-order valence-corrected chi connectivity index (χ1v) is 5.93. The minimum atomic E-state index is 0.469. The molecule has 0 N–H and O–H groups in total. The first kappa shape index (κ1) is 11.1. The molecule has 0 atom stereocenters. The van der Waals surface area contributed by atoms with Crippen molar-refractivity contribution in [3.8, 4) is 11.1 Å². The van der Waals surface area contributed by atoms with Gasteiger partial charge in [-0.05, 0) is 51.9 Å². The van der Waals surface area contributed by atoms with E-state index in [9.17, 15) is 0 Å². The maximum absolute atomic E-state index is 5.84. The molecule has 2 aromatic rings. The first-order valence-electron chi connectivity index (χ1n) is 4.10. The zero-order chi connectivity index (χ0) is 10.8. The molecule has 5 heteroatoms. The zero-order valence-electron chi connectivity index (χ0n) is 7.42. The van der Waals surface area contributed by atoms with Gasteiger partial charge in [0.15, 0.2) is 0 Å². The Hall–Kier alpha value is -0.390. The average Bonchev–Trinajstić information content (AvgIpc) is 2.22. The third-order valence-corrected chi connectivity index (χ3v) is 3.13. The van der Waals surface area contributed by atoms with Gasteiger partial charge < -0.3 is 0 Å². The summed E-state index contributed by atoms with van der Waals surface area (Å²) in [4.78, 5) is 7.93. The fourth-order valence-electron chi connectivity index (χ4n) is 1.20. The Bertz CT molecular complexity index is 503. The van der Waals surface area contributed by atoms with Gasteiger partial charge in [0.25, 0.3) is 0 Å². The third-order valence-electron chi connectivity index (χ3n) is 1.86. The van der Waals surface area contributed by atoms with Gasteiger partial charge in [0, 0.05) is 16.0 Å². The molecular formula is C10H5Cl2IN2. The molecule has 0 aliphatic rings. The monoisotopic (exact) mass is 350 g/mol. The van der Waals surface area contributed by atoms with Crippen LogP contribution in [-0.4, -0.2) is 9.97 Å². The molecule has 0 aliphatic carbocycles. The number of nitrogens with zero attached hydrogens (tertiary/aromatic N) is 2. The second kappa shape index (κ2) is 4.63. The van der Waals surface area contributed by atoms with E-state index in [2.05, 4.69) is 32.6 Å². The summed E-state index contributed by atoms with van der Waals surface area (Å²) < 4.78 is 1.03. The van der Waals surface area contributed by atoms with Crippen molar-refractivity contribution in [2.24, 2.45) is 0 Å². The van der Waals surface area contributed by atoms with E-state index in [-0.39, 0.29) is 0 Å². The molecule has 0 aliphatic heterocycles. The highest BCUT2D eigenvalue weighted by Crippen LogP contribution is 2.27.